The summed E-state index contributed by atoms with van der Waals surface area (Å²) in [4.78, 5) is 11.1. The Labute approximate surface area is 137 Å². The summed E-state index contributed by atoms with van der Waals surface area (Å²) in [6.07, 6.45) is 1.83. The molecule has 0 aliphatic rings. The summed E-state index contributed by atoms with van der Waals surface area (Å²) >= 11 is 0. The lowest BCUT2D eigenvalue weighted by Gasteiger charge is -2.09. The number of carbonyl (C=O) groups excluding carboxylic acids is 1. The second kappa shape index (κ2) is 5.64. The predicted molar refractivity (Wildman–Crippen MR) is 88.6 cm³/mol. The topological polar surface area (TPSA) is 94.2 Å². The normalized spacial score (nSPS) is 11.6. The van der Waals surface area contributed by atoms with Crippen LogP contribution in [-0.2, 0) is 17.1 Å². The number of rotatable bonds is 4. The van der Waals surface area contributed by atoms with Gasteiger partial charge < -0.3 is 10.3 Å². The first-order valence-electron chi connectivity index (χ1n) is 6.95. The molecule has 124 valence electrons. The lowest BCUT2D eigenvalue weighted by Crippen LogP contribution is -2.15. The molecule has 3 rings (SSSR count). The molecule has 0 atom stereocenters. The van der Waals surface area contributed by atoms with Gasteiger partial charge in [-0.25, -0.2) is 12.8 Å². The summed E-state index contributed by atoms with van der Waals surface area (Å²) in [5.41, 5.74) is 5.48. The molecule has 24 heavy (non-hydrogen) atoms. The summed E-state index contributed by atoms with van der Waals surface area (Å²) in [5, 5.41) is 0.910. The Morgan fingerprint density at radius 3 is 2.58 bits per heavy atom. The SMILES string of the molecule is Cn1ccc2ccc(S(=O)(=O)Nc3ccc(C(N)=O)c(F)c3)cc21. The quantitative estimate of drug-likeness (QED) is 0.758. The van der Waals surface area contributed by atoms with Crippen molar-refractivity contribution in [2.75, 3.05) is 4.72 Å². The molecule has 0 fully saturated rings. The molecule has 0 spiro atoms. The number of carbonyl (C=O) groups is 1. The number of anilines is 1. The monoisotopic (exact) mass is 347 g/mol. The summed E-state index contributed by atoms with van der Waals surface area (Å²) < 4.78 is 42.8. The third-order valence-electron chi connectivity index (χ3n) is 3.66. The molecule has 1 aromatic heterocycles. The van der Waals surface area contributed by atoms with E-state index in [0.717, 1.165) is 23.0 Å². The largest absolute Gasteiger partial charge is 0.366 e. The van der Waals surface area contributed by atoms with E-state index in [4.69, 9.17) is 5.73 Å². The van der Waals surface area contributed by atoms with Crippen LogP contribution in [-0.4, -0.2) is 18.9 Å². The number of primary amides is 1. The van der Waals surface area contributed by atoms with E-state index in [1.807, 2.05) is 19.3 Å². The fraction of sp³-hybridized carbons (Fsp3) is 0.0625. The molecule has 0 bridgehead atoms. The maximum Gasteiger partial charge on any atom is 0.261 e. The minimum atomic E-state index is -3.90. The maximum atomic E-state index is 13.8. The number of amides is 1. The van der Waals surface area contributed by atoms with Crippen LogP contribution in [0.2, 0.25) is 0 Å². The first-order valence-corrected chi connectivity index (χ1v) is 8.43. The Balaban J connectivity index is 1.96. The Bertz CT molecular complexity index is 1060. The summed E-state index contributed by atoms with van der Waals surface area (Å²) in [6, 6.07) is 9.90. The maximum absolute atomic E-state index is 13.8. The highest BCUT2D eigenvalue weighted by Crippen LogP contribution is 2.23. The van der Waals surface area contributed by atoms with Crippen LogP contribution in [0.15, 0.2) is 53.6 Å². The minimum absolute atomic E-state index is 0.00415. The number of hydrogen-bond acceptors (Lipinski definition) is 3. The van der Waals surface area contributed by atoms with Crippen LogP contribution in [0.4, 0.5) is 10.1 Å². The van der Waals surface area contributed by atoms with Gasteiger partial charge in [-0.3, -0.25) is 9.52 Å². The van der Waals surface area contributed by atoms with Crippen molar-refractivity contribution in [2.45, 2.75) is 4.90 Å². The van der Waals surface area contributed by atoms with Gasteiger partial charge in [-0.2, -0.15) is 0 Å². The van der Waals surface area contributed by atoms with Crippen LogP contribution in [0, 0.1) is 5.82 Å². The molecular weight excluding hydrogens is 333 g/mol. The lowest BCUT2D eigenvalue weighted by atomic mass is 10.2. The van der Waals surface area contributed by atoms with Gasteiger partial charge in [0.2, 0.25) is 0 Å². The average molecular weight is 347 g/mol. The number of fused-ring (bicyclic) bond motifs is 1. The zero-order valence-corrected chi connectivity index (χ0v) is 13.5. The molecule has 6 nitrogen and oxygen atoms in total. The molecule has 0 unspecified atom stereocenters. The second-order valence-electron chi connectivity index (χ2n) is 5.31. The molecule has 0 saturated carbocycles. The Hall–Kier alpha value is -2.87. The number of halogens is 1. The molecule has 2 aromatic carbocycles. The van der Waals surface area contributed by atoms with Crippen LogP contribution in [0.25, 0.3) is 10.9 Å². The van der Waals surface area contributed by atoms with E-state index in [2.05, 4.69) is 4.72 Å². The van der Waals surface area contributed by atoms with Crippen LogP contribution in [0.5, 0.6) is 0 Å². The number of nitrogens with one attached hydrogen (secondary N) is 1. The lowest BCUT2D eigenvalue weighted by molar-refractivity contribution is 0.0996. The number of nitrogens with zero attached hydrogens (tertiary/aromatic N) is 1. The number of aryl methyl sites for hydroxylation is 1. The molecule has 3 aromatic rings. The van der Waals surface area contributed by atoms with Gasteiger partial charge in [-0.05, 0) is 41.8 Å². The average Bonchev–Trinajstić information content (AvgIpc) is 2.87. The molecular formula is C16H14FN3O3S. The van der Waals surface area contributed by atoms with Crippen LogP contribution in [0.1, 0.15) is 10.4 Å². The number of hydrogen-bond donors (Lipinski definition) is 2. The summed E-state index contributed by atoms with van der Waals surface area (Å²) in [5.74, 6) is -1.81. The zero-order valence-electron chi connectivity index (χ0n) is 12.7. The standard InChI is InChI=1S/C16H14FN3O3S/c1-20-7-6-10-2-4-12(9-15(10)20)24(22,23)19-11-3-5-13(16(18)21)14(17)8-11/h2-9,19H,1H3,(H2,18,21). The molecule has 0 aliphatic carbocycles. The van der Waals surface area contributed by atoms with Gasteiger partial charge in [0.15, 0.2) is 0 Å². The molecule has 8 heteroatoms. The van der Waals surface area contributed by atoms with E-state index in [9.17, 15) is 17.6 Å². The van der Waals surface area contributed by atoms with Crippen molar-refractivity contribution in [1.82, 2.24) is 4.57 Å². The van der Waals surface area contributed by atoms with Gasteiger partial charge >= 0.3 is 0 Å². The molecule has 3 N–H and O–H groups in total. The van der Waals surface area contributed by atoms with Gasteiger partial charge in [0.05, 0.1) is 16.1 Å². The highest BCUT2D eigenvalue weighted by molar-refractivity contribution is 7.92. The van der Waals surface area contributed by atoms with Gasteiger partial charge in [0, 0.05) is 18.8 Å². The van der Waals surface area contributed by atoms with Crippen molar-refractivity contribution in [3.8, 4) is 0 Å². The van der Waals surface area contributed by atoms with Gasteiger partial charge in [0.25, 0.3) is 15.9 Å². The van der Waals surface area contributed by atoms with Crippen molar-refractivity contribution in [3.63, 3.8) is 0 Å². The summed E-state index contributed by atoms with van der Waals surface area (Å²) in [7, 11) is -2.09. The third-order valence-corrected chi connectivity index (χ3v) is 5.04. The van der Waals surface area contributed by atoms with Crippen LogP contribution in [0.3, 0.4) is 0 Å². The predicted octanol–water partition coefficient (Wildman–Crippen LogP) is 2.22. The number of sulfonamides is 1. The highest BCUT2D eigenvalue weighted by Gasteiger charge is 2.17. The van der Waals surface area contributed by atoms with Crippen molar-refractivity contribution in [2.24, 2.45) is 12.8 Å². The highest BCUT2D eigenvalue weighted by atomic mass is 32.2. The number of nitrogens with two attached hydrogens (primary N) is 1. The Morgan fingerprint density at radius 1 is 1.17 bits per heavy atom. The minimum Gasteiger partial charge on any atom is -0.366 e. The molecule has 1 heterocycles. The van der Waals surface area contributed by atoms with E-state index in [1.54, 1.807) is 10.6 Å². The molecule has 1 amide bonds. The zero-order chi connectivity index (χ0) is 17.5. The second-order valence-corrected chi connectivity index (χ2v) is 6.99. The number of aromatic nitrogens is 1. The van der Waals surface area contributed by atoms with Crippen molar-refractivity contribution >= 4 is 32.5 Å². The van der Waals surface area contributed by atoms with E-state index in [0.29, 0.717) is 0 Å². The van der Waals surface area contributed by atoms with Crippen molar-refractivity contribution < 1.29 is 17.6 Å². The third kappa shape index (κ3) is 2.83. The van der Waals surface area contributed by atoms with Gasteiger partial charge in [0.1, 0.15) is 5.82 Å². The van der Waals surface area contributed by atoms with E-state index >= 15 is 0 Å². The van der Waals surface area contributed by atoms with Crippen LogP contribution < -0.4 is 10.5 Å². The van der Waals surface area contributed by atoms with Crippen LogP contribution >= 0.6 is 0 Å². The van der Waals surface area contributed by atoms with Gasteiger partial charge in [-0.1, -0.05) is 6.07 Å². The molecule has 0 saturated heterocycles. The smallest absolute Gasteiger partial charge is 0.261 e. The van der Waals surface area contributed by atoms with Crippen molar-refractivity contribution in [1.29, 1.82) is 0 Å². The van der Waals surface area contributed by atoms with Gasteiger partial charge in [-0.15, -0.1) is 0 Å². The first-order chi connectivity index (χ1) is 11.3. The Morgan fingerprint density at radius 2 is 1.92 bits per heavy atom. The Kier molecular flexibility index (Phi) is 3.76. The van der Waals surface area contributed by atoms with Crippen molar-refractivity contribution in [3.05, 3.63) is 60.0 Å². The van der Waals surface area contributed by atoms with E-state index in [1.165, 1.54) is 18.2 Å². The fourth-order valence-electron chi connectivity index (χ4n) is 2.40. The first kappa shape index (κ1) is 16.0. The molecule has 0 aliphatic heterocycles. The van der Waals surface area contributed by atoms with E-state index in [-0.39, 0.29) is 16.1 Å². The van der Waals surface area contributed by atoms with E-state index < -0.39 is 21.7 Å². The molecule has 0 radical (unpaired) electrons. The summed E-state index contributed by atoms with van der Waals surface area (Å²) in [6.45, 7) is 0. The fourth-order valence-corrected chi connectivity index (χ4v) is 3.47. The number of benzene rings is 2.